The molecule has 1 aliphatic heterocycles. The van der Waals surface area contributed by atoms with Crippen LogP contribution in [0.15, 0.2) is 24.5 Å². The Kier molecular flexibility index (Phi) is 7.34. The van der Waals surface area contributed by atoms with Crippen LogP contribution in [0.3, 0.4) is 0 Å². The first-order valence-electron chi connectivity index (χ1n) is 10.4. The molecule has 2 amide bonds. The van der Waals surface area contributed by atoms with Gasteiger partial charge in [-0.15, -0.1) is 0 Å². The van der Waals surface area contributed by atoms with Crippen molar-refractivity contribution in [3.05, 3.63) is 47.3 Å². The topological polar surface area (TPSA) is 117 Å². The Morgan fingerprint density at radius 2 is 1.85 bits per heavy atom. The molecule has 0 radical (unpaired) electrons. The number of imidazole rings is 1. The number of halogens is 3. The summed E-state index contributed by atoms with van der Waals surface area (Å²) >= 11 is 0. The van der Waals surface area contributed by atoms with E-state index in [1.54, 1.807) is 12.4 Å². The molecule has 0 bridgehead atoms. The first-order chi connectivity index (χ1) is 15.6. The average Bonchev–Trinajstić information content (AvgIpc) is 3.57. The van der Waals surface area contributed by atoms with E-state index in [4.69, 9.17) is 9.90 Å². The minimum atomic E-state index is -5.08. The Labute approximate surface area is 187 Å². The number of alkyl halides is 3. The van der Waals surface area contributed by atoms with Gasteiger partial charge in [0.1, 0.15) is 0 Å². The molecule has 0 saturated heterocycles. The van der Waals surface area contributed by atoms with Crippen molar-refractivity contribution >= 4 is 17.8 Å². The second-order valence-electron chi connectivity index (χ2n) is 7.84. The van der Waals surface area contributed by atoms with Crippen LogP contribution >= 0.6 is 0 Å². The summed E-state index contributed by atoms with van der Waals surface area (Å²) in [7, 11) is 1.88. The van der Waals surface area contributed by atoms with Crippen LogP contribution in [0.25, 0.3) is 0 Å². The third-order valence-corrected chi connectivity index (χ3v) is 5.39. The SMILES string of the molecule is Cn1c(C(=O)NCCc2ccncc2)nc2c1CCN(C(=O)C1CC1)C2.O=C(O)C(F)(F)F. The van der Waals surface area contributed by atoms with Gasteiger partial charge in [0.2, 0.25) is 5.91 Å². The average molecular weight is 467 g/mol. The van der Waals surface area contributed by atoms with Crippen molar-refractivity contribution in [2.75, 3.05) is 13.1 Å². The van der Waals surface area contributed by atoms with Gasteiger partial charge in [0.15, 0.2) is 5.82 Å². The Morgan fingerprint density at radius 3 is 2.42 bits per heavy atom. The minimum Gasteiger partial charge on any atom is -0.475 e. The number of nitrogens with one attached hydrogen (secondary N) is 1. The van der Waals surface area contributed by atoms with Crippen molar-refractivity contribution in [2.45, 2.75) is 38.4 Å². The van der Waals surface area contributed by atoms with E-state index in [1.165, 1.54) is 0 Å². The van der Waals surface area contributed by atoms with Crippen molar-refractivity contribution in [1.82, 2.24) is 24.8 Å². The fourth-order valence-corrected chi connectivity index (χ4v) is 3.46. The van der Waals surface area contributed by atoms with E-state index in [1.807, 2.05) is 28.6 Å². The Morgan fingerprint density at radius 1 is 1.21 bits per heavy atom. The summed E-state index contributed by atoms with van der Waals surface area (Å²) in [6, 6.07) is 3.88. The quantitative estimate of drug-likeness (QED) is 0.692. The van der Waals surface area contributed by atoms with Crippen LogP contribution in [0.2, 0.25) is 0 Å². The number of carbonyl (C=O) groups excluding carboxylic acids is 2. The van der Waals surface area contributed by atoms with Crippen LogP contribution in [0.1, 0.15) is 40.4 Å². The number of hydrogen-bond acceptors (Lipinski definition) is 5. The van der Waals surface area contributed by atoms with Gasteiger partial charge >= 0.3 is 12.1 Å². The maximum atomic E-state index is 12.5. The number of carboxylic acids is 1. The van der Waals surface area contributed by atoms with Gasteiger partial charge in [-0.05, 0) is 37.0 Å². The van der Waals surface area contributed by atoms with Crippen LogP contribution in [0, 0.1) is 5.92 Å². The molecule has 3 heterocycles. The molecular weight excluding hydrogens is 443 g/mol. The van der Waals surface area contributed by atoms with Crippen LogP contribution in [-0.4, -0.2) is 61.6 Å². The minimum absolute atomic E-state index is 0.170. The van der Waals surface area contributed by atoms with Gasteiger partial charge in [0.05, 0.1) is 12.2 Å². The number of hydrogen-bond donors (Lipinski definition) is 2. The normalized spacial score (nSPS) is 15.2. The highest BCUT2D eigenvalue weighted by molar-refractivity contribution is 5.91. The number of fused-ring (bicyclic) bond motifs is 1. The molecule has 0 spiro atoms. The van der Waals surface area contributed by atoms with Crippen LogP contribution < -0.4 is 5.32 Å². The predicted octanol–water partition coefficient (Wildman–Crippen LogP) is 1.72. The summed E-state index contributed by atoms with van der Waals surface area (Å²) < 4.78 is 33.6. The fraction of sp³-hybridized carbons (Fsp3) is 0.476. The fourth-order valence-electron chi connectivity index (χ4n) is 3.46. The molecule has 1 saturated carbocycles. The molecule has 0 atom stereocenters. The number of aromatic nitrogens is 3. The smallest absolute Gasteiger partial charge is 0.475 e. The third kappa shape index (κ3) is 6.30. The molecular formula is C21H24F3N5O4. The second kappa shape index (κ2) is 10.0. The van der Waals surface area contributed by atoms with E-state index in [0.29, 0.717) is 25.5 Å². The molecule has 2 aromatic heterocycles. The van der Waals surface area contributed by atoms with E-state index >= 15 is 0 Å². The lowest BCUT2D eigenvalue weighted by molar-refractivity contribution is -0.192. The third-order valence-electron chi connectivity index (χ3n) is 5.39. The lowest BCUT2D eigenvalue weighted by Gasteiger charge is -2.26. The second-order valence-corrected chi connectivity index (χ2v) is 7.84. The van der Waals surface area contributed by atoms with Crippen molar-refractivity contribution in [1.29, 1.82) is 0 Å². The largest absolute Gasteiger partial charge is 0.490 e. The number of amides is 2. The van der Waals surface area contributed by atoms with E-state index in [9.17, 15) is 22.8 Å². The molecule has 2 aromatic rings. The van der Waals surface area contributed by atoms with Crippen LogP contribution in [0.4, 0.5) is 13.2 Å². The molecule has 9 nitrogen and oxygen atoms in total. The molecule has 0 aromatic carbocycles. The molecule has 4 rings (SSSR count). The maximum absolute atomic E-state index is 12.5. The summed E-state index contributed by atoms with van der Waals surface area (Å²) in [6.07, 6.45) is 1.94. The van der Waals surface area contributed by atoms with Gasteiger partial charge in [-0.25, -0.2) is 9.78 Å². The lowest BCUT2D eigenvalue weighted by Crippen LogP contribution is -2.37. The van der Waals surface area contributed by atoms with Gasteiger partial charge in [-0.2, -0.15) is 13.2 Å². The molecule has 1 fully saturated rings. The summed E-state index contributed by atoms with van der Waals surface area (Å²) in [5.74, 6) is -2.05. The summed E-state index contributed by atoms with van der Waals surface area (Å²) in [5, 5.41) is 10.1. The maximum Gasteiger partial charge on any atom is 0.490 e. The lowest BCUT2D eigenvalue weighted by atomic mass is 10.1. The number of pyridine rings is 1. The highest BCUT2D eigenvalue weighted by Crippen LogP contribution is 2.32. The zero-order valence-electron chi connectivity index (χ0n) is 17.9. The summed E-state index contributed by atoms with van der Waals surface area (Å²) in [4.78, 5) is 44.1. The standard InChI is InChI=1S/C19H23N5O2.C2HF3O2/c1-23-16-7-11-24(19(26)14-2-3-14)12-15(16)22-17(23)18(25)21-10-6-13-4-8-20-9-5-13;3-2(4,5)1(6)7/h4-5,8-9,14H,2-3,6-7,10-12H2,1H3,(H,21,25);(H,6,7). The van der Waals surface area contributed by atoms with Gasteiger partial charge in [0, 0.05) is 50.6 Å². The summed E-state index contributed by atoms with van der Waals surface area (Å²) in [6.45, 7) is 1.78. The van der Waals surface area contributed by atoms with Gasteiger partial charge in [0.25, 0.3) is 5.91 Å². The Bertz CT molecular complexity index is 1020. The molecule has 12 heteroatoms. The highest BCUT2D eigenvalue weighted by Gasteiger charge is 2.38. The number of aliphatic carboxylic acids is 1. The number of carbonyl (C=O) groups is 3. The number of nitrogens with zero attached hydrogens (tertiary/aromatic N) is 4. The first kappa shape index (κ1) is 24.2. The summed E-state index contributed by atoms with van der Waals surface area (Å²) in [5.41, 5.74) is 3.05. The molecule has 2 N–H and O–H groups in total. The molecule has 33 heavy (non-hydrogen) atoms. The van der Waals surface area contributed by atoms with Crippen molar-refractivity contribution in [3.63, 3.8) is 0 Å². The molecule has 1 aliphatic carbocycles. The van der Waals surface area contributed by atoms with E-state index in [2.05, 4.69) is 15.3 Å². The van der Waals surface area contributed by atoms with Gasteiger partial charge in [-0.3, -0.25) is 14.6 Å². The monoisotopic (exact) mass is 467 g/mol. The number of carboxylic acid groups (broad SMARTS) is 1. The van der Waals surface area contributed by atoms with Crippen molar-refractivity contribution in [2.24, 2.45) is 13.0 Å². The first-order valence-corrected chi connectivity index (χ1v) is 10.4. The van der Waals surface area contributed by atoms with Crippen LogP contribution in [-0.2, 0) is 36.0 Å². The molecule has 0 unspecified atom stereocenters. The van der Waals surface area contributed by atoms with Crippen LogP contribution in [0.5, 0.6) is 0 Å². The predicted molar refractivity (Wildman–Crippen MR) is 109 cm³/mol. The van der Waals surface area contributed by atoms with Crippen molar-refractivity contribution in [3.8, 4) is 0 Å². The highest BCUT2D eigenvalue weighted by atomic mass is 19.4. The molecule has 2 aliphatic rings. The van der Waals surface area contributed by atoms with E-state index in [-0.39, 0.29) is 17.7 Å². The molecule has 178 valence electrons. The zero-order chi connectivity index (χ0) is 24.2. The van der Waals surface area contributed by atoms with E-state index < -0.39 is 12.1 Å². The van der Waals surface area contributed by atoms with Crippen molar-refractivity contribution < 1.29 is 32.7 Å². The Balaban J connectivity index is 0.000000383. The Hall–Kier alpha value is -3.44. The van der Waals surface area contributed by atoms with Gasteiger partial charge < -0.3 is 19.9 Å². The van der Waals surface area contributed by atoms with Gasteiger partial charge in [-0.1, -0.05) is 0 Å². The van der Waals surface area contributed by atoms with E-state index in [0.717, 1.165) is 42.6 Å². The zero-order valence-corrected chi connectivity index (χ0v) is 17.9. The number of rotatable bonds is 5.